The van der Waals surface area contributed by atoms with Crippen molar-refractivity contribution in [2.24, 2.45) is 0 Å². The van der Waals surface area contributed by atoms with Crippen LogP contribution in [-0.4, -0.2) is 28.3 Å². The second-order valence-corrected chi connectivity index (χ2v) is 9.62. The van der Waals surface area contributed by atoms with Crippen molar-refractivity contribution < 1.29 is 9.53 Å². The van der Waals surface area contributed by atoms with Crippen LogP contribution in [-0.2, 0) is 4.79 Å². The van der Waals surface area contributed by atoms with Crippen molar-refractivity contribution in [1.29, 1.82) is 0 Å². The number of anilines is 1. The summed E-state index contributed by atoms with van der Waals surface area (Å²) >= 11 is 8.73. The summed E-state index contributed by atoms with van der Waals surface area (Å²) in [6.45, 7) is 3.90. The molecule has 0 aliphatic rings. The van der Waals surface area contributed by atoms with E-state index in [2.05, 4.69) is 5.32 Å². The highest BCUT2D eigenvalue weighted by molar-refractivity contribution is 7.99. The molecule has 2 heterocycles. The Morgan fingerprint density at radius 1 is 1.16 bits per heavy atom. The van der Waals surface area contributed by atoms with Crippen LogP contribution in [0.2, 0.25) is 5.02 Å². The van der Waals surface area contributed by atoms with Gasteiger partial charge in [-0.3, -0.25) is 14.2 Å². The van der Waals surface area contributed by atoms with E-state index < -0.39 is 0 Å². The van der Waals surface area contributed by atoms with Crippen LogP contribution in [0.25, 0.3) is 15.9 Å². The molecule has 4 aromatic rings. The van der Waals surface area contributed by atoms with E-state index in [0.29, 0.717) is 37.5 Å². The predicted molar refractivity (Wildman–Crippen MR) is 132 cm³/mol. The number of aryl methyl sites for hydroxylation is 2. The summed E-state index contributed by atoms with van der Waals surface area (Å²) in [5.41, 5.74) is 2.09. The Morgan fingerprint density at radius 3 is 2.50 bits per heavy atom. The maximum absolute atomic E-state index is 13.4. The number of ether oxygens (including phenoxy) is 1. The molecule has 0 aliphatic carbocycles. The van der Waals surface area contributed by atoms with Gasteiger partial charge in [0.25, 0.3) is 5.56 Å². The minimum Gasteiger partial charge on any atom is -0.497 e. The van der Waals surface area contributed by atoms with Gasteiger partial charge in [0.05, 0.1) is 23.9 Å². The number of aromatic nitrogens is 2. The zero-order valence-corrected chi connectivity index (χ0v) is 20.0. The van der Waals surface area contributed by atoms with Gasteiger partial charge in [-0.2, -0.15) is 0 Å². The Hall–Kier alpha value is -2.81. The molecule has 0 radical (unpaired) electrons. The van der Waals surface area contributed by atoms with Crippen molar-refractivity contribution in [2.75, 3.05) is 18.2 Å². The molecule has 2 aromatic heterocycles. The van der Waals surface area contributed by atoms with E-state index in [4.69, 9.17) is 21.3 Å². The van der Waals surface area contributed by atoms with Crippen LogP contribution in [0.4, 0.5) is 5.69 Å². The molecular formula is C23H20ClN3O3S2. The van der Waals surface area contributed by atoms with Gasteiger partial charge >= 0.3 is 0 Å². The summed E-state index contributed by atoms with van der Waals surface area (Å²) in [7, 11) is 1.59. The summed E-state index contributed by atoms with van der Waals surface area (Å²) in [6.07, 6.45) is 0. The molecule has 9 heteroatoms. The Labute approximate surface area is 198 Å². The van der Waals surface area contributed by atoms with Crippen LogP contribution in [0, 0.1) is 13.8 Å². The zero-order chi connectivity index (χ0) is 22.8. The second kappa shape index (κ2) is 9.36. The average Bonchev–Trinajstić information content (AvgIpc) is 3.07. The van der Waals surface area contributed by atoms with Gasteiger partial charge in [0, 0.05) is 15.6 Å². The SMILES string of the molecule is COc1ccc(NC(=O)CSc2nc3sc(C)c(C)c3c(=O)n2-c2ccc(Cl)cc2)cc1. The largest absolute Gasteiger partial charge is 0.497 e. The number of rotatable bonds is 6. The third kappa shape index (κ3) is 4.53. The van der Waals surface area contributed by atoms with Crippen molar-refractivity contribution in [2.45, 2.75) is 19.0 Å². The van der Waals surface area contributed by atoms with Crippen molar-refractivity contribution in [3.8, 4) is 11.4 Å². The molecule has 32 heavy (non-hydrogen) atoms. The lowest BCUT2D eigenvalue weighted by Crippen LogP contribution is -2.22. The first kappa shape index (κ1) is 22.4. The minimum atomic E-state index is -0.198. The summed E-state index contributed by atoms with van der Waals surface area (Å²) in [4.78, 5) is 32.4. The lowest BCUT2D eigenvalue weighted by atomic mass is 10.2. The van der Waals surface area contributed by atoms with E-state index >= 15 is 0 Å². The molecule has 1 amide bonds. The number of nitrogens with one attached hydrogen (secondary N) is 1. The van der Waals surface area contributed by atoms with Crippen LogP contribution in [0.15, 0.2) is 58.5 Å². The number of thioether (sulfide) groups is 1. The number of methoxy groups -OCH3 is 1. The van der Waals surface area contributed by atoms with E-state index in [-0.39, 0.29) is 17.2 Å². The lowest BCUT2D eigenvalue weighted by Gasteiger charge is -2.12. The second-order valence-electron chi connectivity index (χ2n) is 7.04. The van der Waals surface area contributed by atoms with Gasteiger partial charge in [0.1, 0.15) is 10.6 Å². The predicted octanol–water partition coefficient (Wildman–Crippen LogP) is 5.46. The molecule has 0 spiro atoms. The highest BCUT2D eigenvalue weighted by Crippen LogP contribution is 2.30. The number of carbonyl (C=O) groups excluding carboxylic acids is 1. The summed E-state index contributed by atoms with van der Waals surface area (Å²) < 4.78 is 6.68. The van der Waals surface area contributed by atoms with E-state index in [0.717, 1.165) is 10.4 Å². The number of halogens is 1. The number of amides is 1. The van der Waals surface area contributed by atoms with Crippen LogP contribution in [0.3, 0.4) is 0 Å². The Bertz CT molecular complexity index is 1350. The fourth-order valence-corrected chi connectivity index (χ4v) is 5.20. The van der Waals surface area contributed by atoms with E-state index in [1.165, 1.54) is 23.1 Å². The number of carbonyl (C=O) groups is 1. The number of hydrogen-bond acceptors (Lipinski definition) is 6. The number of thiophene rings is 1. The van der Waals surface area contributed by atoms with E-state index in [1.807, 2.05) is 13.8 Å². The fraction of sp³-hybridized carbons (Fsp3) is 0.174. The van der Waals surface area contributed by atoms with Crippen molar-refractivity contribution in [1.82, 2.24) is 9.55 Å². The van der Waals surface area contributed by atoms with Crippen LogP contribution < -0.4 is 15.6 Å². The van der Waals surface area contributed by atoms with Gasteiger partial charge in [-0.05, 0) is 67.9 Å². The molecule has 0 saturated heterocycles. The van der Waals surface area contributed by atoms with Gasteiger partial charge in [-0.25, -0.2) is 4.98 Å². The van der Waals surface area contributed by atoms with Gasteiger partial charge in [0.15, 0.2) is 5.16 Å². The van der Waals surface area contributed by atoms with Crippen molar-refractivity contribution in [3.05, 3.63) is 74.3 Å². The number of fused-ring (bicyclic) bond motifs is 1. The molecule has 0 saturated carbocycles. The zero-order valence-electron chi connectivity index (χ0n) is 17.6. The van der Waals surface area contributed by atoms with Crippen molar-refractivity contribution in [3.63, 3.8) is 0 Å². The van der Waals surface area contributed by atoms with Gasteiger partial charge in [-0.15, -0.1) is 11.3 Å². The van der Waals surface area contributed by atoms with E-state index in [1.54, 1.807) is 60.2 Å². The first-order valence-electron chi connectivity index (χ1n) is 9.72. The molecular weight excluding hydrogens is 466 g/mol. The summed E-state index contributed by atoms with van der Waals surface area (Å²) in [6, 6.07) is 14.1. The molecule has 0 atom stereocenters. The standard InChI is InChI=1S/C23H20ClN3O3S2/c1-13-14(2)32-21-20(13)22(29)27(17-8-4-15(24)5-9-17)23(26-21)31-12-19(28)25-16-6-10-18(30-3)11-7-16/h4-11H,12H2,1-3H3,(H,25,28). The van der Waals surface area contributed by atoms with Crippen LogP contribution in [0.1, 0.15) is 10.4 Å². The highest BCUT2D eigenvalue weighted by Gasteiger charge is 2.19. The minimum absolute atomic E-state index is 0.0981. The summed E-state index contributed by atoms with van der Waals surface area (Å²) in [5, 5.41) is 4.49. The molecule has 0 unspecified atom stereocenters. The number of benzene rings is 2. The van der Waals surface area contributed by atoms with Gasteiger partial charge in [-0.1, -0.05) is 23.4 Å². The Kier molecular flexibility index (Phi) is 6.55. The molecule has 0 fully saturated rings. The fourth-order valence-electron chi connectivity index (χ4n) is 3.19. The smallest absolute Gasteiger partial charge is 0.267 e. The first-order chi connectivity index (χ1) is 15.4. The molecule has 0 aliphatic heterocycles. The number of nitrogens with zero attached hydrogens (tertiary/aromatic N) is 2. The quantitative estimate of drug-likeness (QED) is 0.290. The van der Waals surface area contributed by atoms with Crippen LogP contribution >= 0.6 is 34.7 Å². The van der Waals surface area contributed by atoms with Gasteiger partial charge in [0.2, 0.25) is 5.91 Å². The molecule has 0 bridgehead atoms. The maximum atomic E-state index is 13.4. The molecule has 2 aromatic carbocycles. The topological polar surface area (TPSA) is 73.2 Å². The third-order valence-electron chi connectivity index (χ3n) is 4.96. The Morgan fingerprint density at radius 2 is 1.84 bits per heavy atom. The Balaban J connectivity index is 1.66. The average molecular weight is 486 g/mol. The molecule has 164 valence electrons. The number of hydrogen-bond donors (Lipinski definition) is 1. The van der Waals surface area contributed by atoms with Gasteiger partial charge < -0.3 is 10.1 Å². The maximum Gasteiger partial charge on any atom is 0.267 e. The van der Waals surface area contributed by atoms with Crippen molar-refractivity contribution >= 4 is 56.5 Å². The van der Waals surface area contributed by atoms with E-state index in [9.17, 15) is 9.59 Å². The molecule has 4 rings (SSSR count). The highest BCUT2D eigenvalue weighted by atomic mass is 35.5. The lowest BCUT2D eigenvalue weighted by molar-refractivity contribution is -0.113. The normalized spacial score (nSPS) is 11.0. The molecule has 6 nitrogen and oxygen atoms in total. The molecule has 1 N–H and O–H groups in total. The monoisotopic (exact) mass is 485 g/mol. The van der Waals surface area contributed by atoms with Crippen LogP contribution in [0.5, 0.6) is 5.75 Å². The first-order valence-corrected chi connectivity index (χ1v) is 11.9. The summed E-state index contributed by atoms with van der Waals surface area (Å²) in [5.74, 6) is 0.611. The third-order valence-corrected chi connectivity index (χ3v) is 7.25.